The van der Waals surface area contributed by atoms with Crippen molar-refractivity contribution in [3.63, 3.8) is 0 Å². The summed E-state index contributed by atoms with van der Waals surface area (Å²) in [6.07, 6.45) is 1.08. The molecule has 1 aromatic rings. The second-order valence-corrected chi connectivity index (χ2v) is 4.86. The number of aromatic hydroxyl groups is 1. The normalized spacial score (nSPS) is 24.5. The molecule has 0 aliphatic heterocycles. The first-order valence-electron chi connectivity index (χ1n) is 5.81. The van der Waals surface area contributed by atoms with E-state index in [0.717, 1.165) is 12.0 Å². The molecule has 0 fully saturated rings. The number of nitrogens with one attached hydrogen (secondary N) is 1. The van der Waals surface area contributed by atoms with Crippen LogP contribution in [-0.2, 0) is 12.8 Å². The molecule has 2 rings (SSSR count). The van der Waals surface area contributed by atoms with Gasteiger partial charge in [-0.1, -0.05) is 19.9 Å². The fraction of sp³-hybridized carbons (Fsp3) is 0.538. The molecular weight excluding hydrogens is 202 g/mol. The highest BCUT2D eigenvalue weighted by molar-refractivity contribution is 5.38. The van der Waals surface area contributed by atoms with E-state index in [1.165, 1.54) is 5.56 Å². The highest BCUT2D eigenvalue weighted by atomic mass is 16.3. The van der Waals surface area contributed by atoms with Crippen LogP contribution in [0, 0.1) is 0 Å². The number of phenols is 1. The predicted octanol–water partition coefficient (Wildman–Crippen LogP) is 1.22. The van der Waals surface area contributed by atoms with Crippen LogP contribution >= 0.6 is 0 Å². The van der Waals surface area contributed by atoms with Crippen LogP contribution in [-0.4, -0.2) is 28.4 Å². The van der Waals surface area contributed by atoms with E-state index in [1.54, 1.807) is 12.1 Å². The summed E-state index contributed by atoms with van der Waals surface area (Å²) in [6.45, 7) is 4.16. The highest BCUT2D eigenvalue weighted by Gasteiger charge is 2.27. The first kappa shape index (κ1) is 11.4. The van der Waals surface area contributed by atoms with Crippen LogP contribution in [0.15, 0.2) is 18.2 Å². The van der Waals surface area contributed by atoms with Gasteiger partial charge in [0.05, 0.1) is 6.10 Å². The Bertz CT molecular complexity index is 376. The van der Waals surface area contributed by atoms with Gasteiger partial charge in [0.1, 0.15) is 5.75 Å². The van der Waals surface area contributed by atoms with Gasteiger partial charge in [0.15, 0.2) is 0 Å². The number of rotatable bonds is 2. The summed E-state index contributed by atoms with van der Waals surface area (Å²) in [6, 6.07) is 5.91. The van der Waals surface area contributed by atoms with Gasteiger partial charge in [0, 0.05) is 18.5 Å². The smallest absolute Gasteiger partial charge is 0.115 e. The Morgan fingerprint density at radius 1 is 1.25 bits per heavy atom. The van der Waals surface area contributed by atoms with E-state index in [1.807, 2.05) is 6.07 Å². The third kappa shape index (κ3) is 2.36. The zero-order valence-electron chi connectivity index (χ0n) is 9.77. The van der Waals surface area contributed by atoms with Crippen LogP contribution in [0.2, 0.25) is 0 Å². The van der Waals surface area contributed by atoms with Crippen molar-refractivity contribution in [1.29, 1.82) is 0 Å². The second-order valence-electron chi connectivity index (χ2n) is 4.86. The quantitative estimate of drug-likeness (QED) is 0.704. The Balaban J connectivity index is 2.18. The van der Waals surface area contributed by atoms with Crippen molar-refractivity contribution in [2.75, 3.05) is 0 Å². The van der Waals surface area contributed by atoms with Crippen molar-refractivity contribution >= 4 is 0 Å². The summed E-state index contributed by atoms with van der Waals surface area (Å²) in [7, 11) is 0. The molecule has 0 saturated carbocycles. The van der Waals surface area contributed by atoms with Crippen molar-refractivity contribution < 1.29 is 10.2 Å². The Kier molecular flexibility index (Phi) is 3.17. The van der Waals surface area contributed by atoms with Crippen LogP contribution in [0.5, 0.6) is 5.75 Å². The third-order valence-corrected chi connectivity index (χ3v) is 3.07. The molecule has 3 heteroatoms. The minimum absolute atomic E-state index is 0.122. The molecule has 3 N–H and O–H groups in total. The van der Waals surface area contributed by atoms with Crippen LogP contribution in [0.1, 0.15) is 25.0 Å². The van der Waals surface area contributed by atoms with E-state index in [-0.39, 0.29) is 17.9 Å². The molecule has 1 aliphatic rings. The van der Waals surface area contributed by atoms with Crippen LogP contribution in [0.25, 0.3) is 0 Å². The Morgan fingerprint density at radius 3 is 2.69 bits per heavy atom. The summed E-state index contributed by atoms with van der Waals surface area (Å²) in [5.74, 6) is 0.279. The van der Waals surface area contributed by atoms with E-state index in [9.17, 15) is 10.2 Å². The lowest BCUT2D eigenvalue weighted by molar-refractivity contribution is 0.115. The lowest BCUT2D eigenvalue weighted by Crippen LogP contribution is -2.48. The Labute approximate surface area is 96.1 Å². The van der Waals surface area contributed by atoms with E-state index in [4.69, 9.17) is 0 Å². The maximum Gasteiger partial charge on any atom is 0.115 e. The minimum Gasteiger partial charge on any atom is -0.508 e. The molecule has 0 saturated heterocycles. The largest absolute Gasteiger partial charge is 0.508 e. The number of phenolic OH excluding ortho intramolecular Hbond substituents is 1. The van der Waals surface area contributed by atoms with Crippen molar-refractivity contribution in [2.45, 2.75) is 44.9 Å². The zero-order valence-corrected chi connectivity index (χ0v) is 9.77. The average molecular weight is 221 g/mol. The van der Waals surface area contributed by atoms with E-state index >= 15 is 0 Å². The van der Waals surface area contributed by atoms with Gasteiger partial charge in [-0.2, -0.15) is 0 Å². The van der Waals surface area contributed by atoms with Crippen LogP contribution in [0.3, 0.4) is 0 Å². The van der Waals surface area contributed by atoms with E-state index in [2.05, 4.69) is 19.2 Å². The molecule has 3 nitrogen and oxygen atoms in total. The fourth-order valence-corrected chi connectivity index (χ4v) is 2.34. The molecule has 0 amide bonds. The third-order valence-electron chi connectivity index (χ3n) is 3.07. The number of hydrogen-bond acceptors (Lipinski definition) is 3. The molecule has 2 unspecified atom stereocenters. The molecule has 1 aliphatic carbocycles. The van der Waals surface area contributed by atoms with Crippen molar-refractivity contribution in [3.05, 3.63) is 29.3 Å². The van der Waals surface area contributed by atoms with Crippen LogP contribution < -0.4 is 5.32 Å². The number of aliphatic hydroxyl groups excluding tert-OH is 1. The lowest BCUT2D eigenvalue weighted by atomic mass is 9.86. The van der Waals surface area contributed by atoms with Gasteiger partial charge >= 0.3 is 0 Å². The molecule has 88 valence electrons. The maximum atomic E-state index is 10.0. The molecule has 0 heterocycles. The van der Waals surface area contributed by atoms with Crippen molar-refractivity contribution in [1.82, 2.24) is 5.32 Å². The second kappa shape index (κ2) is 4.44. The molecule has 0 radical (unpaired) electrons. The van der Waals surface area contributed by atoms with Crippen LogP contribution in [0.4, 0.5) is 0 Å². The Morgan fingerprint density at radius 2 is 2.00 bits per heavy atom. The zero-order chi connectivity index (χ0) is 11.7. The molecule has 1 aromatic carbocycles. The van der Waals surface area contributed by atoms with Gasteiger partial charge in [0.25, 0.3) is 0 Å². The van der Waals surface area contributed by atoms with E-state index in [0.29, 0.717) is 12.5 Å². The maximum absolute atomic E-state index is 10.0. The number of benzene rings is 1. The topological polar surface area (TPSA) is 52.5 Å². The first-order chi connectivity index (χ1) is 7.56. The van der Waals surface area contributed by atoms with Gasteiger partial charge in [-0.05, 0) is 29.7 Å². The van der Waals surface area contributed by atoms with Gasteiger partial charge < -0.3 is 15.5 Å². The molecule has 0 aromatic heterocycles. The van der Waals surface area contributed by atoms with Crippen molar-refractivity contribution in [2.24, 2.45) is 0 Å². The molecule has 16 heavy (non-hydrogen) atoms. The monoisotopic (exact) mass is 221 g/mol. The predicted molar refractivity (Wildman–Crippen MR) is 63.6 cm³/mol. The summed E-state index contributed by atoms with van der Waals surface area (Å²) in [5, 5.41) is 22.8. The number of aliphatic hydroxyl groups is 1. The number of fused-ring (bicyclic) bond motifs is 1. The number of hydrogen-bond donors (Lipinski definition) is 3. The highest BCUT2D eigenvalue weighted by Crippen LogP contribution is 2.25. The SMILES string of the molecule is CC(C)NC1Cc2ccc(O)cc2CC1O. The van der Waals surface area contributed by atoms with Gasteiger partial charge in [-0.25, -0.2) is 0 Å². The standard InChI is InChI=1S/C13H19NO2/c1-8(2)14-12-6-9-3-4-11(15)5-10(9)7-13(12)16/h3-5,8,12-16H,6-7H2,1-2H3. The summed E-state index contributed by atoms with van der Waals surface area (Å²) >= 11 is 0. The molecular formula is C13H19NO2. The molecule has 0 spiro atoms. The summed E-state index contributed by atoms with van der Waals surface area (Å²) < 4.78 is 0. The summed E-state index contributed by atoms with van der Waals surface area (Å²) in [5.41, 5.74) is 2.29. The van der Waals surface area contributed by atoms with E-state index < -0.39 is 0 Å². The van der Waals surface area contributed by atoms with Gasteiger partial charge in [-0.15, -0.1) is 0 Å². The summed E-state index contributed by atoms with van der Waals surface area (Å²) in [4.78, 5) is 0. The minimum atomic E-state index is -0.364. The lowest BCUT2D eigenvalue weighted by Gasteiger charge is -2.32. The molecule has 0 bridgehead atoms. The van der Waals surface area contributed by atoms with Gasteiger partial charge in [-0.3, -0.25) is 0 Å². The first-order valence-corrected chi connectivity index (χ1v) is 5.81. The molecule has 2 atom stereocenters. The fourth-order valence-electron chi connectivity index (χ4n) is 2.34. The van der Waals surface area contributed by atoms with Crippen molar-refractivity contribution in [3.8, 4) is 5.75 Å². The Hall–Kier alpha value is -1.06. The van der Waals surface area contributed by atoms with Gasteiger partial charge in [0.2, 0.25) is 0 Å². The average Bonchev–Trinajstić information content (AvgIpc) is 2.19.